The number of nitrogens with one attached hydrogen (secondary N) is 1. The molecule has 0 bridgehead atoms. The first-order chi connectivity index (χ1) is 16.3. The number of fused-ring (bicyclic) bond motifs is 2. The maximum atomic E-state index is 13.5. The highest BCUT2D eigenvalue weighted by Gasteiger charge is 2.25. The molecule has 7 nitrogen and oxygen atoms in total. The number of rotatable bonds is 3. The predicted octanol–water partition coefficient (Wildman–Crippen LogP) is 3.67. The monoisotopic (exact) mass is 455 g/mol. The van der Waals surface area contributed by atoms with Gasteiger partial charge in [-0.1, -0.05) is 42.8 Å². The van der Waals surface area contributed by atoms with E-state index in [2.05, 4.69) is 6.92 Å². The first-order valence-electron chi connectivity index (χ1n) is 11.8. The van der Waals surface area contributed by atoms with Crippen molar-refractivity contribution >= 4 is 22.6 Å². The van der Waals surface area contributed by atoms with Crippen molar-refractivity contribution in [3.8, 4) is 0 Å². The molecule has 1 fully saturated rings. The number of amides is 1. The van der Waals surface area contributed by atoms with Gasteiger partial charge in [0.25, 0.3) is 11.5 Å². The molecule has 1 aliphatic heterocycles. The Balaban J connectivity index is 1.75. The fourth-order valence-electron chi connectivity index (χ4n) is 4.67. The van der Waals surface area contributed by atoms with Gasteiger partial charge < -0.3 is 9.47 Å². The number of hydrogen-bond acceptors (Lipinski definition) is 4. The van der Waals surface area contributed by atoms with E-state index in [4.69, 9.17) is 10.4 Å². The lowest BCUT2D eigenvalue weighted by Crippen LogP contribution is -2.41. The maximum Gasteiger partial charge on any atom is 0.267 e. The molecule has 0 atom stereocenters. The Morgan fingerprint density at radius 1 is 1.09 bits per heavy atom. The van der Waals surface area contributed by atoms with Crippen LogP contribution in [0.25, 0.3) is 16.7 Å². The second kappa shape index (κ2) is 8.56. The number of aromatic nitrogens is 3. The molecule has 1 amide bonds. The van der Waals surface area contributed by atoms with Gasteiger partial charge in [0.15, 0.2) is 0 Å². The SMILES string of the molecule is Cc1ccc(Cn2c(=N)c(C(=O)N3CCC(C)CC3)cc3c(=O)n4cccc(C)c4nc32)cc1. The third-order valence-electron chi connectivity index (χ3n) is 6.90. The van der Waals surface area contributed by atoms with Crippen LogP contribution in [0.3, 0.4) is 0 Å². The Kier molecular flexibility index (Phi) is 5.55. The van der Waals surface area contributed by atoms with Crippen LogP contribution in [0.5, 0.6) is 0 Å². The van der Waals surface area contributed by atoms with Gasteiger partial charge in [0.05, 0.1) is 17.5 Å². The smallest absolute Gasteiger partial charge is 0.267 e. The van der Waals surface area contributed by atoms with E-state index in [0.29, 0.717) is 42.2 Å². The maximum absolute atomic E-state index is 13.5. The van der Waals surface area contributed by atoms with Crippen LogP contribution in [0.2, 0.25) is 0 Å². The number of hydrogen-bond donors (Lipinski definition) is 1. The highest BCUT2D eigenvalue weighted by Crippen LogP contribution is 2.19. The van der Waals surface area contributed by atoms with E-state index in [1.165, 1.54) is 4.40 Å². The minimum absolute atomic E-state index is 0.0848. The van der Waals surface area contributed by atoms with Crippen LogP contribution < -0.4 is 11.0 Å². The molecule has 7 heteroatoms. The van der Waals surface area contributed by atoms with Gasteiger partial charge in [-0.2, -0.15) is 0 Å². The summed E-state index contributed by atoms with van der Waals surface area (Å²) in [6.45, 7) is 7.82. The van der Waals surface area contributed by atoms with Crippen molar-refractivity contribution in [2.45, 2.75) is 40.2 Å². The molecular formula is C27H29N5O2. The standard InChI is InChI=1S/C27H29N5O2/c1-17-6-8-20(9-7-17)16-32-23(28)21(26(33)30-13-10-18(2)11-14-30)15-22-25(32)29-24-19(3)5-4-12-31(24)27(22)34/h4-9,12,15,18,28H,10-11,13-14,16H2,1-3H3. The second-order valence-electron chi connectivity index (χ2n) is 9.49. The van der Waals surface area contributed by atoms with Crippen LogP contribution in [0.1, 0.15) is 46.8 Å². The Labute approximate surface area is 197 Å². The quantitative estimate of drug-likeness (QED) is 0.479. The molecule has 4 aromatic rings. The van der Waals surface area contributed by atoms with E-state index >= 15 is 0 Å². The molecule has 3 aromatic heterocycles. The fourth-order valence-corrected chi connectivity index (χ4v) is 4.67. The number of nitrogens with zero attached hydrogens (tertiary/aromatic N) is 4. The molecule has 0 radical (unpaired) electrons. The molecule has 1 N–H and O–H groups in total. The number of piperidine rings is 1. The number of carbonyl (C=O) groups is 1. The lowest BCUT2D eigenvalue weighted by Gasteiger charge is -2.30. The molecule has 0 unspecified atom stereocenters. The largest absolute Gasteiger partial charge is 0.339 e. The number of carbonyl (C=O) groups excluding carboxylic acids is 1. The van der Waals surface area contributed by atoms with E-state index in [1.807, 2.05) is 55.1 Å². The average Bonchev–Trinajstić information content (AvgIpc) is 2.83. The summed E-state index contributed by atoms with van der Waals surface area (Å²) in [5.74, 6) is 0.399. The molecule has 1 aromatic carbocycles. The van der Waals surface area contributed by atoms with Crippen molar-refractivity contribution in [1.82, 2.24) is 18.9 Å². The fraction of sp³-hybridized carbons (Fsp3) is 0.333. The zero-order valence-electron chi connectivity index (χ0n) is 19.8. The summed E-state index contributed by atoms with van der Waals surface area (Å²) in [6, 6.07) is 13.4. The van der Waals surface area contributed by atoms with Crippen molar-refractivity contribution in [1.29, 1.82) is 5.41 Å². The van der Waals surface area contributed by atoms with Crippen LogP contribution in [-0.4, -0.2) is 37.8 Å². The van der Waals surface area contributed by atoms with Crippen LogP contribution in [0.15, 0.2) is 53.5 Å². The van der Waals surface area contributed by atoms with Gasteiger partial charge >= 0.3 is 0 Å². The van der Waals surface area contributed by atoms with Crippen LogP contribution in [0, 0.1) is 25.2 Å². The van der Waals surface area contributed by atoms with Crippen LogP contribution in [-0.2, 0) is 6.54 Å². The molecule has 4 heterocycles. The second-order valence-corrected chi connectivity index (χ2v) is 9.49. The van der Waals surface area contributed by atoms with Gasteiger partial charge in [-0.15, -0.1) is 0 Å². The zero-order chi connectivity index (χ0) is 24.0. The third kappa shape index (κ3) is 3.81. The van der Waals surface area contributed by atoms with Gasteiger partial charge in [-0.3, -0.25) is 19.4 Å². The third-order valence-corrected chi connectivity index (χ3v) is 6.90. The topological polar surface area (TPSA) is 83.5 Å². The summed E-state index contributed by atoms with van der Waals surface area (Å²) >= 11 is 0. The molecule has 0 aliphatic carbocycles. The molecule has 34 heavy (non-hydrogen) atoms. The predicted molar refractivity (Wildman–Crippen MR) is 132 cm³/mol. The van der Waals surface area contributed by atoms with E-state index < -0.39 is 0 Å². The molecule has 0 spiro atoms. The normalized spacial score (nSPS) is 14.7. The van der Waals surface area contributed by atoms with Gasteiger partial charge in [-0.25, -0.2) is 4.98 Å². The van der Waals surface area contributed by atoms with Crippen molar-refractivity contribution in [3.05, 3.63) is 86.8 Å². The van der Waals surface area contributed by atoms with Gasteiger partial charge in [0.1, 0.15) is 16.8 Å². The van der Waals surface area contributed by atoms with E-state index in [1.54, 1.807) is 16.8 Å². The Bertz CT molecular complexity index is 1520. The molecule has 174 valence electrons. The highest BCUT2D eigenvalue weighted by atomic mass is 16.2. The number of likely N-dealkylation sites (tertiary alicyclic amines) is 1. The van der Waals surface area contributed by atoms with E-state index in [9.17, 15) is 9.59 Å². The average molecular weight is 456 g/mol. The Hall–Kier alpha value is -3.74. The summed E-state index contributed by atoms with van der Waals surface area (Å²) in [4.78, 5) is 33.7. The van der Waals surface area contributed by atoms with Crippen molar-refractivity contribution in [2.75, 3.05) is 13.1 Å². The lowest BCUT2D eigenvalue weighted by atomic mass is 9.98. The van der Waals surface area contributed by atoms with Gasteiger partial charge in [0, 0.05) is 19.3 Å². The highest BCUT2D eigenvalue weighted by molar-refractivity contribution is 5.97. The Morgan fingerprint density at radius 3 is 2.50 bits per heavy atom. The van der Waals surface area contributed by atoms with Gasteiger partial charge in [-0.05, 0) is 55.9 Å². The minimum Gasteiger partial charge on any atom is -0.339 e. The first-order valence-corrected chi connectivity index (χ1v) is 11.8. The van der Waals surface area contributed by atoms with E-state index in [-0.39, 0.29) is 22.5 Å². The summed E-state index contributed by atoms with van der Waals surface area (Å²) in [6.07, 6.45) is 3.60. The molecule has 1 aliphatic rings. The lowest BCUT2D eigenvalue weighted by molar-refractivity contribution is 0.0694. The van der Waals surface area contributed by atoms with Crippen molar-refractivity contribution < 1.29 is 4.79 Å². The first kappa shape index (κ1) is 22.1. The molecule has 0 saturated carbocycles. The summed E-state index contributed by atoms with van der Waals surface area (Å²) in [5, 5.41) is 9.35. The van der Waals surface area contributed by atoms with Gasteiger partial charge in [0.2, 0.25) is 0 Å². The molecular weight excluding hydrogens is 426 g/mol. The summed E-state index contributed by atoms with van der Waals surface area (Å²) in [5.41, 5.74) is 4.08. The number of benzene rings is 1. The summed E-state index contributed by atoms with van der Waals surface area (Å²) in [7, 11) is 0. The zero-order valence-corrected chi connectivity index (χ0v) is 19.8. The minimum atomic E-state index is -0.234. The van der Waals surface area contributed by atoms with E-state index in [0.717, 1.165) is 29.5 Å². The summed E-state index contributed by atoms with van der Waals surface area (Å²) < 4.78 is 3.22. The van der Waals surface area contributed by atoms with Crippen LogP contribution >= 0.6 is 0 Å². The molecule has 1 saturated heterocycles. The van der Waals surface area contributed by atoms with Crippen LogP contribution in [0.4, 0.5) is 0 Å². The number of pyridine rings is 2. The van der Waals surface area contributed by atoms with Crippen molar-refractivity contribution in [2.24, 2.45) is 5.92 Å². The van der Waals surface area contributed by atoms with Crippen molar-refractivity contribution in [3.63, 3.8) is 0 Å². The number of aryl methyl sites for hydroxylation is 2. The molecule has 5 rings (SSSR count). The Morgan fingerprint density at radius 2 is 1.79 bits per heavy atom.